The summed E-state index contributed by atoms with van der Waals surface area (Å²) < 4.78 is 29.0. The lowest BCUT2D eigenvalue weighted by molar-refractivity contribution is 0.0670. The van der Waals surface area contributed by atoms with E-state index in [1.165, 1.54) is 0 Å². The van der Waals surface area contributed by atoms with E-state index in [-0.39, 0.29) is 17.6 Å². The van der Waals surface area contributed by atoms with E-state index in [1.54, 1.807) is 46.1 Å². The van der Waals surface area contributed by atoms with E-state index >= 15 is 0 Å². The summed E-state index contributed by atoms with van der Waals surface area (Å²) in [5.41, 5.74) is 1.73. The molecule has 0 aliphatic carbocycles. The van der Waals surface area contributed by atoms with Crippen LogP contribution < -0.4 is 4.72 Å². The van der Waals surface area contributed by atoms with Crippen LogP contribution >= 0.6 is 0 Å². The monoisotopic (exact) mass is 413 g/mol. The van der Waals surface area contributed by atoms with E-state index in [0.29, 0.717) is 31.0 Å². The summed E-state index contributed by atoms with van der Waals surface area (Å²) in [5, 5.41) is 4.30. The number of hydrogen-bond donors (Lipinski definition) is 1. The molecule has 29 heavy (non-hydrogen) atoms. The number of aromatic nitrogens is 3. The first kappa shape index (κ1) is 19.5. The molecule has 1 aliphatic heterocycles. The van der Waals surface area contributed by atoms with Crippen molar-refractivity contribution in [3.63, 3.8) is 0 Å². The quantitative estimate of drug-likeness (QED) is 0.663. The van der Waals surface area contributed by atoms with E-state index in [9.17, 15) is 13.2 Å². The van der Waals surface area contributed by atoms with Gasteiger partial charge in [-0.25, -0.2) is 22.6 Å². The van der Waals surface area contributed by atoms with E-state index in [0.717, 1.165) is 18.4 Å². The third-order valence-electron chi connectivity index (χ3n) is 5.05. The molecule has 0 radical (unpaired) electrons. The molecule has 1 atom stereocenters. The highest BCUT2D eigenvalue weighted by Crippen LogP contribution is 2.19. The van der Waals surface area contributed by atoms with Gasteiger partial charge in [-0.2, -0.15) is 5.10 Å². The number of fused-ring (bicyclic) bond motifs is 1. The van der Waals surface area contributed by atoms with Gasteiger partial charge in [0.1, 0.15) is 0 Å². The number of rotatable bonds is 6. The summed E-state index contributed by atoms with van der Waals surface area (Å²) in [5.74, 6) is -0.113. The third-order valence-corrected chi connectivity index (χ3v) is 6.37. The second-order valence-corrected chi connectivity index (χ2v) is 9.11. The molecule has 1 fully saturated rings. The zero-order chi connectivity index (χ0) is 20.3. The van der Waals surface area contributed by atoms with Gasteiger partial charge in [0.05, 0.1) is 5.75 Å². The lowest BCUT2D eigenvalue weighted by atomic mass is 9.98. The molecule has 0 unspecified atom stereocenters. The summed E-state index contributed by atoms with van der Waals surface area (Å²) in [6.07, 6.45) is 5.12. The first-order valence-corrected chi connectivity index (χ1v) is 11.3. The highest BCUT2D eigenvalue weighted by Gasteiger charge is 2.27. The van der Waals surface area contributed by atoms with Gasteiger partial charge in [-0.1, -0.05) is 30.3 Å². The molecule has 1 aliphatic rings. The average molecular weight is 414 g/mol. The second kappa shape index (κ2) is 8.30. The number of piperidine rings is 1. The van der Waals surface area contributed by atoms with Crippen molar-refractivity contribution in [2.45, 2.75) is 18.6 Å². The molecule has 152 valence electrons. The van der Waals surface area contributed by atoms with Crippen molar-refractivity contribution in [1.82, 2.24) is 24.2 Å². The Morgan fingerprint density at radius 1 is 1.21 bits per heavy atom. The number of benzene rings is 1. The largest absolute Gasteiger partial charge is 0.337 e. The van der Waals surface area contributed by atoms with Crippen molar-refractivity contribution in [1.29, 1.82) is 0 Å². The highest BCUT2D eigenvalue weighted by molar-refractivity contribution is 7.88. The van der Waals surface area contributed by atoms with Gasteiger partial charge in [0.2, 0.25) is 10.0 Å². The van der Waals surface area contributed by atoms with Gasteiger partial charge in [0, 0.05) is 38.1 Å². The number of nitrogens with one attached hydrogen (secondary N) is 1. The highest BCUT2D eigenvalue weighted by atomic mass is 32.2. The predicted octanol–water partition coefficient (Wildman–Crippen LogP) is 1.70. The van der Waals surface area contributed by atoms with Crippen LogP contribution in [0, 0.1) is 5.92 Å². The van der Waals surface area contributed by atoms with E-state index in [1.807, 2.05) is 18.2 Å². The molecule has 1 amide bonds. The number of likely N-dealkylation sites (tertiary alicyclic amines) is 1. The van der Waals surface area contributed by atoms with E-state index in [2.05, 4.69) is 14.8 Å². The molecular formula is C20H23N5O3S. The Balaban J connectivity index is 1.36. The van der Waals surface area contributed by atoms with Crippen molar-refractivity contribution in [2.75, 3.05) is 19.6 Å². The molecule has 9 heteroatoms. The lowest BCUT2D eigenvalue weighted by Crippen LogP contribution is -2.44. The van der Waals surface area contributed by atoms with E-state index < -0.39 is 10.0 Å². The van der Waals surface area contributed by atoms with Crippen LogP contribution in [0.1, 0.15) is 28.9 Å². The van der Waals surface area contributed by atoms with Gasteiger partial charge in [0.15, 0.2) is 11.3 Å². The predicted molar refractivity (Wildman–Crippen MR) is 109 cm³/mol. The first-order chi connectivity index (χ1) is 14.0. The van der Waals surface area contributed by atoms with Crippen LogP contribution in [0.25, 0.3) is 5.65 Å². The summed E-state index contributed by atoms with van der Waals surface area (Å²) in [6.45, 7) is 1.48. The van der Waals surface area contributed by atoms with Crippen molar-refractivity contribution >= 4 is 21.6 Å². The minimum absolute atomic E-state index is 0.0442. The van der Waals surface area contributed by atoms with Gasteiger partial charge >= 0.3 is 0 Å². The maximum absolute atomic E-state index is 12.8. The van der Waals surface area contributed by atoms with Crippen molar-refractivity contribution in [3.8, 4) is 0 Å². The Labute approximate surface area is 169 Å². The molecule has 0 bridgehead atoms. The maximum atomic E-state index is 12.8. The maximum Gasteiger partial charge on any atom is 0.274 e. The zero-order valence-electron chi connectivity index (χ0n) is 15.9. The van der Waals surface area contributed by atoms with Crippen LogP contribution in [0.5, 0.6) is 0 Å². The normalized spacial score (nSPS) is 17.5. The zero-order valence-corrected chi connectivity index (χ0v) is 16.8. The number of carbonyl (C=O) groups excluding carboxylic acids is 1. The fourth-order valence-corrected chi connectivity index (χ4v) is 4.83. The summed E-state index contributed by atoms with van der Waals surface area (Å²) in [6, 6.07) is 12.5. The number of carbonyl (C=O) groups is 1. The van der Waals surface area contributed by atoms with Crippen LogP contribution in [-0.2, 0) is 15.8 Å². The van der Waals surface area contributed by atoms with Gasteiger partial charge in [-0.05, 0) is 30.4 Å². The van der Waals surface area contributed by atoms with Gasteiger partial charge < -0.3 is 4.90 Å². The molecule has 0 spiro atoms. The minimum Gasteiger partial charge on any atom is -0.337 e. The van der Waals surface area contributed by atoms with Crippen LogP contribution in [-0.4, -0.2) is 53.5 Å². The number of nitrogens with zero attached hydrogens (tertiary/aromatic N) is 4. The Morgan fingerprint density at radius 3 is 2.83 bits per heavy atom. The second-order valence-electron chi connectivity index (χ2n) is 7.30. The first-order valence-electron chi connectivity index (χ1n) is 9.61. The molecule has 4 rings (SSSR count). The fourth-order valence-electron chi connectivity index (χ4n) is 3.60. The molecule has 1 aromatic carbocycles. The Morgan fingerprint density at radius 2 is 2.03 bits per heavy atom. The summed E-state index contributed by atoms with van der Waals surface area (Å²) in [4.78, 5) is 18.8. The standard InChI is InChI=1S/C20H23N5O3S/c26-20(18-12-19-21-9-5-11-25(19)23-18)24-10-4-8-17(14-24)13-22-29(27,28)15-16-6-2-1-3-7-16/h1-3,5-7,9,11-12,17,22H,4,8,10,13-15H2/t17-/m0/s1. The van der Waals surface area contributed by atoms with Crippen molar-refractivity contribution in [3.05, 3.63) is 66.1 Å². The molecule has 1 N–H and O–H groups in total. The molecular weight excluding hydrogens is 390 g/mol. The lowest BCUT2D eigenvalue weighted by Gasteiger charge is -2.32. The Hall–Kier alpha value is -2.78. The molecule has 0 saturated carbocycles. The molecule has 3 aromatic rings. The number of hydrogen-bond acceptors (Lipinski definition) is 5. The topological polar surface area (TPSA) is 96.7 Å². The van der Waals surface area contributed by atoms with E-state index in [4.69, 9.17) is 0 Å². The van der Waals surface area contributed by atoms with Gasteiger partial charge in [-0.15, -0.1) is 0 Å². The van der Waals surface area contributed by atoms with Crippen molar-refractivity contribution < 1.29 is 13.2 Å². The van der Waals surface area contributed by atoms with Crippen LogP contribution in [0.2, 0.25) is 0 Å². The fraction of sp³-hybridized carbons (Fsp3) is 0.350. The Bertz CT molecular complexity index is 1060. The molecule has 1 saturated heterocycles. The SMILES string of the molecule is O=C(c1cc2ncccn2n1)N1CCC[C@@H](CNS(=O)(=O)Cc2ccccc2)C1. The van der Waals surface area contributed by atoms with Crippen molar-refractivity contribution in [2.24, 2.45) is 5.92 Å². The van der Waals surface area contributed by atoms with Crippen LogP contribution in [0.15, 0.2) is 54.9 Å². The summed E-state index contributed by atoms with van der Waals surface area (Å²) in [7, 11) is -3.42. The third kappa shape index (κ3) is 4.80. The smallest absolute Gasteiger partial charge is 0.274 e. The number of sulfonamides is 1. The van der Waals surface area contributed by atoms with Gasteiger partial charge in [-0.3, -0.25) is 4.79 Å². The average Bonchev–Trinajstić information content (AvgIpc) is 3.17. The van der Waals surface area contributed by atoms with Crippen LogP contribution in [0.3, 0.4) is 0 Å². The number of amides is 1. The Kier molecular flexibility index (Phi) is 5.59. The molecule has 3 heterocycles. The summed E-state index contributed by atoms with van der Waals surface area (Å²) >= 11 is 0. The minimum atomic E-state index is -3.42. The van der Waals surface area contributed by atoms with Gasteiger partial charge in [0.25, 0.3) is 5.91 Å². The van der Waals surface area contributed by atoms with Crippen LogP contribution in [0.4, 0.5) is 0 Å². The molecule has 8 nitrogen and oxygen atoms in total. The molecule has 2 aromatic heterocycles.